The van der Waals surface area contributed by atoms with Gasteiger partial charge in [0.2, 0.25) is 0 Å². The summed E-state index contributed by atoms with van der Waals surface area (Å²) in [6, 6.07) is 12.9. The number of thiazole rings is 1. The van der Waals surface area contributed by atoms with E-state index in [-0.39, 0.29) is 32.2 Å². The summed E-state index contributed by atoms with van der Waals surface area (Å²) < 4.78 is 72.0. The second-order valence-corrected chi connectivity index (χ2v) is 9.21. The zero-order valence-corrected chi connectivity index (χ0v) is 18.1. The molecule has 0 saturated heterocycles. The Morgan fingerprint density at radius 2 is 1.67 bits per heavy atom. The molecule has 0 aliphatic carbocycles. The molecule has 7 nitrogen and oxygen atoms in total. The summed E-state index contributed by atoms with van der Waals surface area (Å²) in [5, 5.41) is 4.27. The van der Waals surface area contributed by atoms with Crippen molar-refractivity contribution in [2.45, 2.75) is 11.1 Å². The number of aromatic nitrogens is 1. The number of anilines is 2. The molecule has 0 radical (unpaired) electrons. The monoisotopic (exact) mass is 493 g/mol. The van der Waals surface area contributed by atoms with Crippen LogP contribution in [0.25, 0.3) is 10.8 Å². The summed E-state index contributed by atoms with van der Waals surface area (Å²) in [5.41, 5.74) is -0.613. The second-order valence-electron chi connectivity index (χ2n) is 6.64. The van der Waals surface area contributed by atoms with E-state index in [9.17, 15) is 26.4 Å². The largest absolute Gasteiger partial charge is 0.417 e. The van der Waals surface area contributed by atoms with Crippen molar-refractivity contribution < 1.29 is 31.1 Å². The van der Waals surface area contributed by atoms with Crippen LogP contribution in [0, 0.1) is 0 Å². The first-order valence-corrected chi connectivity index (χ1v) is 11.6. The average molecular weight is 493 g/mol. The number of carbonyl (C=O) groups excluding carboxylic acids is 1. The lowest BCUT2D eigenvalue weighted by Gasteiger charge is -2.13. The molecule has 1 amide bonds. The first-order chi connectivity index (χ1) is 15.6. The number of amides is 1. The van der Waals surface area contributed by atoms with E-state index >= 15 is 0 Å². The maximum Gasteiger partial charge on any atom is 0.417 e. The van der Waals surface area contributed by atoms with Gasteiger partial charge in [0.15, 0.2) is 5.13 Å². The fourth-order valence-corrected chi connectivity index (χ4v) is 4.81. The molecule has 0 fully saturated rings. The van der Waals surface area contributed by atoms with Crippen LogP contribution in [0.4, 0.5) is 28.8 Å². The minimum Gasteiger partial charge on any atom is -0.409 e. The zero-order chi connectivity index (χ0) is 23.6. The smallest absolute Gasteiger partial charge is 0.409 e. The van der Waals surface area contributed by atoms with Crippen molar-refractivity contribution in [2.75, 3.05) is 10.0 Å². The maximum atomic E-state index is 13.3. The molecule has 0 saturated carbocycles. The number of rotatable bonds is 5. The molecular formula is C21H14F3N3O4S2. The van der Waals surface area contributed by atoms with Crippen LogP contribution in [0.5, 0.6) is 5.75 Å². The van der Waals surface area contributed by atoms with E-state index in [1.807, 2.05) is 0 Å². The Hall–Kier alpha value is -3.64. The first-order valence-electron chi connectivity index (χ1n) is 9.24. The molecule has 4 aromatic rings. The predicted molar refractivity (Wildman–Crippen MR) is 118 cm³/mol. The summed E-state index contributed by atoms with van der Waals surface area (Å²) in [6.45, 7) is 0. The Kier molecular flexibility index (Phi) is 5.95. The molecule has 2 N–H and O–H groups in total. The third-order valence-corrected chi connectivity index (χ3v) is 6.63. The Morgan fingerprint density at radius 3 is 2.33 bits per heavy atom. The summed E-state index contributed by atoms with van der Waals surface area (Å²) in [7, 11) is -3.86. The number of carbonyl (C=O) groups is 1. The third-order valence-electron chi connectivity index (χ3n) is 4.46. The molecule has 0 bridgehead atoms. The van der Waals surface area contributed by atoms with Crippen LogP contribution in [0.2, 0.25) is 0 Å². The lowest BCUT2D eigenvalue weighted by Crippen LogP contribution is -2.17. The molecule has 4 rings (SSSR count). The van der Waals surface area contributed by atoms with Gasteiger partial charge in [-0.25, -0.2) is 18.2 Å². The number of nitrogens with one attached hydrogen (secondary N) is 2. The minimum atomic E-state index is -4.56. The van der Waals surface area contributed by atoms with Crippen molar-refractivity contribution in [1.29, 1.82) is 0 Å². The highest BCUT2D eigenvalue weighted by atomic mass is 32.2. The lowest BCUT2D eigenvalue weighted by molar-refractivity contribution is -0.136. The summed E-state index contributed by atoms with van der Waals surface area (Å²) in [5.74, 6) is -0.0528. The third kappa shape index (κ3) is 5.07. The van der Waals surface area contributed by atoms with Crippen molar-refractivity contribution in [1.82, 2.24) is 4.98 Å². The van der Waals surface area contributed by atoms with E-state index in [1.54, 1.807) is 5.38 Å². The Labute approximate surface area is 189 Å². The van der Waals surface area contributed by atoms with Gasteiger partial charge < -0.3 is 4.74 Å². The van der Waals surface area contributed by atoms with E-state index in [2.05, 4.69) is 15.0 Å². The van der Waals surface area contributed by atoms with Gasteiger partial charge in [0.1, 0.15) is 5.75 Å². The van der Waals surface area contributed by atoms with E-state index in [1.165, 1.54) is 60.8 Å². The fourth-order valence-electron chi connectivity index (χ4n) is 3.03. The van der Waals surface area contributed by atoms with Gasteiger partial charge in [-0.15, -0.1) is 11.3 Å². The normalized spacial score (nSPS) is 11.8. The number of fused-ring (bicyclic) bond motifs is 1. The van der Waals surface area contributed by atoms with E-state index in [0.717, 1.165) is 17.4 Å². The predicted octanol–water partition coefficient (Wildman–Crippen LogP) is 5.73. The van der Waals surface area contributed by atoms with Gasteiger partial charge in [-0.2, -0.15) is 13.2 Å². The van der Waals surface area contributed by atoms with Crippen LogP contribution in [0.1, 0.15) is 5.56 Å². The molecule has 33 heavy (non-hydrogen) atoms. The van der Waals surface area contributed by atoms with Gasteiger partial charge in [0.05, 0.1) is 10.5 Å². The van der Waals surface area contributed by atoms with Crippen LogP contribution < -0.4 is 14.8 Å². The van der Waals surface area contributed by atoms with E-state index in [0.29, 0.717) is 0 Å². The van der Waals surface area contributed by atoms with Crippen LogP contribution in [-0.4, -0.2) is 19.5 Å². The van der Waals surface area contributed by atoms with Crippen molar-refractivity contribution in [3.8, 4) is 5.75 Å². The van der Waals surface area contributed by atoms with Crippen LogP contribution in [-0.2, 0) is 16.2 Å². The molecule has 0 unspecified atom stereocenters. The van der Waals surface area contributed by atoms with Crippen LogP contribution in [0.3, 0.4) is 0 Å². The van der Waals surface area contributed by atoms with Gasteiger partial charge in [-0.1, -0.05) is 24.3 Å². The lowest BCUT2D eigenvalue weighted by atomic mass is 10.0. The van der Waals surface area contributed by atoms with Crippen LogP contribution >= 0.6 is 11.3 Å². The van der Waals surface area contributed by atoms with Gasteiger partial charge in [-0.3, -0.25) is 10.0 Å². The Bertz CT molecular complexity index is 1410. The van der Waals surface area contributed by atoms with Gasteiger partial charge in [0, 0.05) is 22.7 Å². The average Bonchev–Trinajstić information content (AvgIpc) is 3.25. The van der Waals surface area contributed by atoms with Gasteiger partial charge >= 0.3 is 12.3 Å². The molecule has 0 atom stereocenters. The van der Waals surface area contributed by atoms with Gasteiger partial charge in [-0.05, 0) is 41.8 Å². The number of sulfonamides is 1. The molecule has 0 aliphatic rings. The molecule has 0 spiro atoms. The molecule has 1 heterocycles. The highest BCUT2D eigenvalue weighted by molar-refractivity contribution is 7.93. The summed E-state index contributed by atoms with van der Waals surface area (Å²) in [6.07, 6.45) is -4.05. The fraction of sp³-hybridized carbons (Fsp3) is 0.0476. The van der Waals surface area contributed by atoms with Crippen molar-refractivity contribution >= 4 is 49.0 Å². The number of ether oxygens (including phenoxy) is 1. The van der Waals surface area contributed by atoms with E-state index in [4.69, 9.17) is 4.74 Å². The highest BCUT2D eigenvalue weighted by Crippen LogP contribution is 2.37. The van der Waals surface area contributed by atoms with Crippen molar-refractivity contribution in [3.63, 3.8) is 0 Å². The number of nitrogens with zero attached hydrogens (tertiary/aromatic N) is 1. The number of alkyl halides is 3. The maximum absolute atomic E-state index is 13.3. The summed E-state index contributed by atoms with van der Waals surface area (Å²) in [4.78, 5) is 16.1. The summed E-state index contributed by atoms with van der Waals surface area (Å²) >= 11 is 1.12. The number of halogens is 3. The quantitative estimate of drug-likeness (QED) is 0.370. The SMILES string of the molecule is O=C(Nc1ccc(S(=O)(=O)Nc2nccs2)cc1)Oc1cccc2c(C(F)(F)F)cccc12. The Balaban J connectivity index is 1.49. The topological polar surface area (TPSA) is 97.4 Å². The van der Waals surface area contributed by atoms with Crippen molar-refractivity contribution in [3.05, 3.63) is 77.8 Å². The Morgan fingerprint density at radius 1 is 0.970 bits per heavy atom. The van der Waals surface area contributed by atoms with Crippen molar-refractivity contribution in [2.24, 2.45) is 0 Å². The minimum absolute atomic E-state index is 0.0506. The number of hydrogen-bond donors (Lipinski definition) is 2. The number of benzene rings is 3. The molecule has 1 aromatic heterocycles. The van der Waals surface area contributed by atoms with Gasteiger partial charge in [0.25, 0.3) is 10.0 Å². The zero-order valence-electron chi connectivity index (χ0n) is 16.5. The molecule has 3 aromatic carbocycles. The number of hydrogen-bond acceptors (Lipinski definition) is 6. The second kappa shape index (κ2) is 8.71. The van der Waals surface area contributed by atoms with Crippen LogP contribution in [0.15, 0.2) is 77.1 Å². The molecule has 0 aliphatic heterocycles. The molecule has 170 valence electrons. The molecular weight excluding hydrogens is 479 g/mol. The highest BCUT2D eigenvalue weighted by Gasteiger charge is 2.32. The first kappa shape index (κ1) is 22.6. The molecule has 12 heteroatoms. The van der Waals surface area contributed by atoms with E-state index < -0.39 is 27.9 Å². The standard InChI is InChI=1S/C21H14F3N3O4S2/c22-21(23,24)17-5-1-4-16-15(17)3-2-6-18(16)31-20(28)26-13-7-9-14(10-8-13)33(29,30)27-19-25-11-12-32-19/h1-12H,(H,25,27)(H,26,28).